The van der Waals surface area contributed by atoms with Gasteiger partial charge in [-0.05, 0) is 130 Å². The Morgan fingerprint density at radius 1 is 0.388 bits per heavy atom. The summed E-state index contributed by atoms with van der Waals surface area (Å²) in [5, 5.41) is 32.5. The van der Waals surface area contributed by atoms with Crippen molar-refractivity contribution < 1.29 is 28.5 Å². The van der Waals surface area contributed by atoms with Crippen LogP contribution in [0.15, 0.2) is 121 Å². The largest absolute Gasteiger partial charge is 0.505 e. The van der Waals surface area contributed by atoms with Crippen LogP contribution in [0, 0.1) is 25.5 Å². The van der Waals surface area contributed by atoms with Gasteiger partial charge in [-0.25, -0.2) is 8.78 Å². The van der Waals surface area contributed by atoms with Gasteiger partial charge in [0.25, 0.3) is 0 Å². The van der Waals surface area contributed by atoms with Crippen molar-refractivity contribution in [2.24, 2.45) is 0 Å². The number of phenols is 2. The van der Waals surface area contributed by atoms with E-state index in [1.807, 2.05) is 26.0 Å². The van der Waals surface area contributed by atoms with Gasteiger partial charge >= 0.3 is 0 Å². The second-order valence-electron chi connectivity index (χ2n) is 30.1. The number of aromatic nitrogens is 2. The third-order valence-corrected chi connectivity index (χ3v) is 21.3. The number of rotatable bonds is 12. The lowest BCUT2D eigenvalue weighted by molar-refractivity contribution is 0.246. The molecule has 444 valence electrons. The first kappa shape index (κ1) is 61.0. The highest BCUT2D eigenvalue weighted by molar-refractivity contribution is 6.89. The molecule has 0 aliphatic carbocycles. The number of phenolic OH excluding ortho intramolecular Hbond substituents is 2. The minimum Gasteiger partial charge on any atom is -0.505 e. The van der Waals surface area contributed by atoms with Crippen LogP contribution in [0.25, 0.3) is 77.2 Å². The smallest absolute Gasteiger partial charge is 0.147 e. The lowest BCUT2D eigenvalue weighted by Gasteiger charge is -2.24. The Morgan fingerprint density at radius 2 is 0.671 bits per heavy atom. The fourth-order valence-electron chi connectivity index (χ4n) is 11.9. The van der Waals surface area contributed by atoms with Crippen LogP contribution in [0.4, 0.5) is 8.78 Å². The summed E-state index contributed by atoms with van der Waals surface area (Å²) in [7, 11) is -4.24. The first-order valence-electron chi connectivity index (χ1n) is 30.2. The Morgan fingerprint density at radius 3 is 0.929 bits per heavy atom. The summed E-state index contributed by atoms with van der Waals surface area (Å²) < 4.78 is 50.0. The average molecular weight is 1180 g/mol. The van der Waals surface area contributed by atoms with E-state index in [0.717, 1.165) is 54.0 Å². The lowest BCUT2D eigenvalue weighted by atomic mass is 9.86. The van der Waals surface area contributed by atoms with Crippen LogP contribution < -0.4 is 19.8 Å². The van der Waals surface area contributed by atoms with Gasteiger partial charge in [-0.15, -0.1) is 0 Å². The van der Waals surface area contributed by atoms with Gasteiger partial charge in [0.1, 0.15) is 34.6 Å². The molecule has 0 fully saturated rings. The predicted molar refractivity (Wildman–Crippen MR) is 362 cm³/mol. The molecular weight excluding hydrogens is 1090 g/mol. The number of aromatic hydroxyl groups is 2. The van der Waals surface area contributed by atoms with Crippen molar-refractivity contribution in [2.75, 3.05) is 13.2 Å². The Balaban J connectivity index is 1.04. The van der Waals surface area contributed by atoms with Crippen LogP contribution in [0.3, 0.4) is 0 Å². The molecule has 0 atom stereocenters. The minimum absolute atomic E-state index is 0.0349. The highest BCUT2D eigenvalue weighted by atomic mass is 28.3. The van der Waals surface area contributed by atoms with Crippen LogP contribution in [-0.4, -0.2) is 48.7 Å². The summed E-state index contributed by atoms with van der Waals surface area (Å²) in [5.74, 6) is 0.138. The highest BCUT2D eigenvalue weighted by Crippen LogP contribution is 2.48. The van der Waals surface area contributed by atoms with Crippen molar-refractivity contribution in [3.8, 4) is 56.6 Å². The van der Waals surface area contributed by atoms with Gasteiger partial charge < -0.3 is 28.8 Å². The van der Waals surface area contributed by atoms with E-state index in [0.29, 0.717) is 62.7 Å². The lowest BCUT2D eigenvalue weighted by Crippen LogP contribution is -2.38. The van der Waals surface area contributed by atoms with Crippen LogP contribution in [0.2, 0.25) is 39.3 Å². The number of ether oxygens (including phenoxy) is 2. The summed E-state index contributed by atoms with van der Waals surface area (Å²) in [6, 6.07) is 41.0. The molecule has 0 radical (unpaired) electrons. The Labute approximate surface area is 505 Å². The maximum Gasteiger partial charge on any atom is 0.147 e. The second-order valence-corrected chi connectivity index (χ2v) is 40.3. The van der Waals surface area contributed by atoms with E-state index in [9.17, 15) is 10.2 Å². The average Bonchev–Trinajstić information content (AvgIpc) is 2.71. The maximum atomic E-state index is 16.0. The van der Waals surface area contributed by atoms with E-state index < -0.39 is 27.8 Å². The quantitative estimate of drug-likeness (QED) is 0.0945. The number of hydrogen-bond acceptors (Lipinski definition) is 4. The Bertz CT molecular complexity index is 3880. The topological polar surface area (TPSA) is 68.8 Å². The van der Waals surface area contributed by atoms with Gasteiger partial charge in [0.2, 0.25) is 0 Å². The SMILES string of the molecule is Cc1cc(F)cc(-c2cc([Si](C)(C)C)cc(-n3c4cc(C(C)(C)C)ccc4c4ccc(C(C)(C)C)cc43)c2O)c1OCCCOc1c(C)cc(F)cc1-c1cc([Si](C)(C)C)cc(-n2c3cc(C(C)(C)C)ccc3c3ccc(C(C)(C)C)cc32)c1O. The van der Waals surface area contributed by atoms with Crippen molar-refractivity contribution in [3.63, 3.8) is 0 Å². The van der Waals surface area contributed by atoms with Crippen LogP contribution in [0.1, 0.15) is 123 Å². The molecule has 85 heavy (non-hydrogen) atoms. The summed E-state index contributed by atoms with van der Waals surface area (Å²) in [5.41, 5.74) is 12.5. The fraction of sp³-hybridized carbons (Fsp3) is 0.360. The molecule has 2 aromatic heterocycles. The van der Waals surface area contributed by atoms with Crippen molar-refractivity contribution in [3.05, 3.63) is 166 Å². The molecule has 10 aromatic rings. The monoisotopic (exact) mass is 1170 g/mol. The van der Waals surface area contributed by atoms with Gasteiger partial charge in [0.05, 0.1) is 62.8 Å². The van der Waals surface area contributed by atoms with E-state index in [4.69, 9.17) is 9.47 Å². The van der Waals surface area contributed by atoms with Crippen molar-refractivity contribution in [1.29, 1.82) is 0 Å². The summed E-state index contributed by atoms with van der Waals surface area (Å²) in [4.78, 5) is 0. The maximum absolute atomic E-state index is 16.0. The first-order valence-corrected chi connectivity index (χ1v) is 37.2. The first-order chi connectivity index (χ1) is 39.4. The highest BCUT2D eigenvalue weighted by Gasteiger charge is 2.31. The molecule has 0 aliphatic heterocycles. The number of aryl methyl sites for hydroxylation is 2. The molecule has 2 heterocycles. The molecule has 0 spiro atoms. The van der Waals surface area contributed by atoms with Gasteiger partial charge in [0, 0.05) is 50.2 Å². The van der Waals surface area contributed by atoms with E-state index in [1.165, 1.54) is 46.5 Å². The number of fused-ring (bicyclic) bond motifs is 6. The molecule has 0 unspecified atom stereocenters. The Kier molecular flexibility index (Phi) is 15.3. The van der Waals surface area contributed by atoms with Crippen molar-refractivity contribution in [2.45, 2.75) is 164 Å². The molecule has 6 nitrogen and oxygen atoms in total. The van der Waals surface area contributed by atoms with Crippen LogP contribution >= 0.6 is 0 Å². The molecule has 10 rings (SSSR count). The van der Waals surface area contributed by atoms with Crippen LogP contribution in [0.5, 0.6) is 23.0 Å². The fourth-order valence-corrected chi connectivity index (χ4v) is 14.2. The molecule has 8 aromatic carbocycles. The molecule has 0 saturated carbocycles. The third-order valence-electron chi connectivity index (χ3n) is 17.2. The van der Waals surface area contributed by atoms with Crippen molar-refractivity contribution in [1.82, 2.24) is 9.13 Å². The number of nitrogens with zero attached hydrogens (tertiary/aromatic N) is 2. The zero-order valence-electron chi connectivity index (χ0n) is 54.0. The predicted octanol–water partition coefficient (Wildman–Crippen LogP) is 19.6. The van der Waals surface area contributed by atoms with Gasteiger partial charge in [-0.2, -0.15) is 0 Å². The normalized spacial score (nSPS) is 13.1. The molecule has 10 heteroatoms. The Hall–Kier alpha value is -7.15. The number of benzene rings is 8. The third kappa shape index (κ3) is 11.6. The zero-order valence-corrected chi connectivity index (χ0v) is 56.0. The molecule has 2 N–H and O–H groups in total. The molecular formula is C75H88F2N2O4Si2. The van der Waals surface area contributed by atoms with Crippen LogP contribution in [-0.2, 0) is 21.7 Å². The summed E-state index contributed by atoms with van der Waals surface area (Å²) in [6.45, 7) is 44.4. The number of hydrogen-bond donors (Lipinski definition) is 2. The van der Waals surface area contributed by atoms with E-state index in [1.54, 1.807) is 0 Å². The van der Waals surface area contributed by atoms with Crippen molar-refractivity contribution >= 4 is 70.1 Å². The van der Waals surface area contributed by atoms with Gasteiger partial charge in [-0.1, -0.05) is 193 Å². The molecule has 0 aliphatic rings. The standard InChI is InChI=1S/C75H88F2N2O4Si2/c1-44-32-50(76)38-60(58-40-52(84(15,16)17)42-66(68(58)80)78-62-34-46(72(3,4)5)22-26-54(62)55-27-23-47(35-63(55)78)73(6,7)8)70(44)82-30-21-31-83-71-45(2)33-51(77)39-61(71)59-41-53(85(18,19)20)43-67(69(59)81)79-64-36-48(74(9,10)11)24-28-56(64)57-29-25-49(37-65(57)79)75(12,13)14/h22-29,32-43,80-81H,21,30-31H2,1-20H3. The number of halogens is 2. The summed E-state index contributed by atoms with van der Waals surface area (Å²) in [6.07, 6.45) is 0.409. The van der Waals surface area contributed by atoms with E-state index in [-0.39, 0.29) is 46.4 Å². The summed E-state index contributed by atoms with van der Waals surface area (Å²) >= 11 is 0. The zero-order chi connectivity index (χ0) is 62.0. The van der Waals surface area contributed by atoms with E-state index >= 15 is 8.78 Å². The molecule has 0 bridgehead atoms. The molecule has 0 saturated heterocycles. The minimum atomic E-state index is -2.12. The van der Waals surface area contributed by atoms with E-state index in [2.05, 4.69) is 216 Å². The van der Waals surface area contributed by atoms with Gasteiger partial charge in [0.15, 0.2) is 0 Å². The van der Waals surface area contributed by atoms with Gasteiger partial charge in [-0.3, -0.25) is 0 Å². The molecule has 0 amide bonds. The second kappa shape index (κ2) is 21.4.